The molecule has 0 bridgehead atoms. The lowest BCUT2D eigenvalue weighted by molar-refractivity contribution is -0.0261. The summed E-state index contributed by atoms with van der Waals surface area (Å²) in [6.45, 7) is 2.55. The molecule has 0 spiro atoms. The number of oxime groups is 1. The van der Waals surface area contributed by atoms with Crippen molar-refractivity contribution < 1.29 is 14.7 Å². The molecule has 2 aromatic carbocycles. The van der Waals surface area contributed by atoms with Crippen LogP contribution in [0.15, 0.2) is 76.6 Å². The minimum atomic E-state index is -0.812. The third-order valence-corrected chi connectivity index (χ3v) is 8.56. The van der Waals surface area contributed by atoms with Gasteiger partial charge in [-0.1, -0.05) is 64.8 Å². The van der Waals surface area contributed by atoms with Gasteiger partial charge in [0.25, 0.3) is 5.91 Å². The lowest BCUT2D eigenvalue weighted by Gasteiger charge is -2.39. The van der Waals surface area contributed by atoms with Gasteiger partial charge in [-0.3, -0.25) is 9.78 Å². The topological polar surface area (TPSA) is 78.3 Å². The van der Waals surface area contributed by atoms with E-state index in [2.05, 4.69) is 31.0 Å². The second-order valence-corrected chi connectivity index (χ2v) is 11.8. The number of aliphatic hydroxyl groups is 1. The molecule has 1 aliphatic rings. The first-order valence-electron chi connectivity index (χ1n) is 13.1. The van der Waals surface area contributed by atoms with Crippen LogP contribution in [-0.4, -0.2) is 71.8 Å². The maximum atomic E-state index is 13.2. The molecule has 1 fully saturated rings. The zero-order valence-corrected chi connectivity index (χ0v) is 25.7. The number of hydrogen-bond acceptors (Lipinski definition) is 6. The van der Waals surface area contributed by atoms with Gasteiger partial charge in [-0.15, -0.1) is 0 Å². The molecule has 0 aliphatic carbocycles. The summed E-state index contributed by atoms with van der Waals surface area (Å²) in [4.78, 5) is 26.5. The zero-order valence-electron chi connectivity index (χ0n) is 22.6. The van der Waals surface area contributed by atoms with Gasteiger partial charge in [-0.2, -0.15) is 0 Å². The monoisotopic (exact) mass is 646 g/mol. The number of halogens is 3. The van der Waals surface area contributed by atoms with Crippen LogP contribution in [0.25, 0.3) is 0 Å². The second-order valence-electron chi connectivity index (χ2n) is 10.1. The Morgan fingerprint density at radius 3 is 2.52 bits per heavy atom. The van der Waals surface area contributed by atoms with Crippen LogP contribution in [0, 0.1) is 0 Å². The number of hydrogen-bond donors (Lipinski definition) is 1. The van der Waals surface area contributed by atoms with Crippen molar-refractivity contribution in [1.29, 1.82) is 0 Å². The summed E-state index contributed by atoms with van der Waals surface area (Å²) < 4.78 is 0.729. The molecular weight excluding hydrogens is 615 g/mol. The van der Waals surface area contributed by atoms with Crippen LogP contribution in [0.4, 0.5) is 0 Å². The van der Waals surface area contributed by atoms with E-state index in [4.69, 9.17) is 28.0 Å². The number of pyridine rings is 1. The SMILES string of the molecule is CO/N=C(\CN(C)C(=O)c1cncc(Br)c1)C(CCN1CCC(O)(c2ccccc2)CC1)c1ccc(Cl)c(Cl)c1. The Morgan fingerprint density at radius 2 is 1.88 bits per heavy atom. The first-order chi connectivity index (χ1) is 19.2. The van der Waals surface area contributed by atoms with Crippen LogP contribution in [0.5, 0.6) is 0 Å². The second kappa shape index (κ2) is 13.9. The van der Waals surface area contributed by atoms with Gasteiger partial charge in [0.1, 0.15) is 7.11 Å². The third kappa shape index (κ3) is 7.62. The van der Waals surface area contributed by atoms with Gasteiger partial charge >= 0.3 is 0 Å². The van der Waals surface area contributed by atoms with Crippen LogP contribution in [-0.2, 0) is 10.4 Å². The summed E-state index contributed by atoms with van der Waals surface area (Å²) in [5.74, 6) is -0.359. The predicted molar refractivity (Wildman–Crippen MR) is 163 cm³/mol. The molecule has 1 atom stereocenters. The Balaban J connectivity index is 1.51. The van der Waals surface area contributed by atoms with E-state index in [1.54, 1.807) is 36.5 Å². The number of nitrogens with zero attached hydrogens (tertiary/aromatic N) is 4. The summed E-state index contributed by atoms with van der Waals surface area (Å²) in [6.07, 6.45) is 5.21. The number of carbonyl (C=O) groups excluding carboxylic acids is 1. The summed E-state index contributed by atoms with van der Waals surface area (Å²) in [5.41, 5.74) is 2.25. The molecule has 0 radical (unpaired) electrons. The summed E-state index contributed by atoms with van der Waals surface area (Å²) >= 11 is 16.0. The Morgan fingerprint density at radius 1 is 1.15 bits per heavy atom. The maximum absolute atomic E-state index is 13.2. The highest BCUT2D eigenvalue weighted by Gasteiger charge is 2.34. The number of rotatable bonds is 10. The van der Waals surface area contributed by atoms with Crippen molar-refractivity contribution in [3.63, 3.8) is 0 Å². The molecule has 1 amide bonds. The first-order valence-corrected chi connectivity index (χ1v) is 14.7. The number of aromatic nitrogens is 1. The van der Waals surface area contributed by atoms with Crippen LogP contribution < -0.4 is 0 Å². The normalized spacial score (nSPS) is 16.4. The van der Waals surface area contributed by atoms with E-state index in [0.717, 1.165) is 35.2 Å². The molecule has 1 saturated heterocycles. The number of piperidine rings is 1. The summed E-state index contributed by atoms with van der Waals surface area (Å²) in [5, 5.41) is 16.6. The highest BCUT2D eigenvalue weighted by atomic mass is 79.9. The van der Waals surface area contributed by atoms with Crippen molar-refractivity contribution in [2.24, 2.45) is 5.16 Å². The molecule has 4 rings (SSSR count). The molecule has 1 aliphatic heterocycles. The predicted octanol–water partition coefficient (Wildman–Crippen LogP) is 6.38. The first kappa shape index (κ1) is 30.5. The number of amides is 1. The number of carbonyl (C=O) groups is 1. The summed E-state index contributed by atoms with van der Waals surface area (Å²) in [7, 11) is 3.23. The van der Waals surface area contributed by atoms with Crippen LogP contribution in [0.3, 0.4) is 0 Å². The van der Waals surface area contributed by atoms with E-state index < -0.39 is 5.60 Å². The molecule has 7 nitrogen and oxygen atoms in total. The minimum absolute atomic E-state index is 0.179. The van der Waals surface area contributed by atoms with E-state index >= 15 is 0 Å². The number of benzene rings is 2. The highest BCUT2D eigenvalue weighted by Crippen LogP contribution is 2.34. The summed E-state index contributed by atoms with van der Waals surface area (Å²) in [6, 6.07) is 17.2. The van der Waals surface area contributed by atoms with E-state index in [1.165, 1.54) is 7.11 Å². The average molecular weight is 648 g/mol. The van der Waals surface area contributed by atoms with Crippen LogP contribution in [0.2, 0.25) is 10.0 Å². The van der Waals surface area contributed by atoms with Gasteiger partial charge in [-0.05, 0) is 71.1 Å². The molecule has 2 heterocycles. The molecular formula is C30H33BrCl2N4O3. The largest absolute Gasteiger partial charge is 0.399 e. The fraction of sp³-hybridized carbons (Fsp3) is 0.367. The lowest BCUT2D eigenvalue weighted by Crippen LogP contribution is -2.43. The minimum Gasteiger partial charge on any atom is -0.399 e. The standard InChI is InChI=1S/C30H33BrCl2N4O3/c1-36(29(38)22-16-24(31)19-34-18-22)20-28(35-40-2)25(21-8-9-26(32)27(33)17-21)10-13-37-14-11-30(39,12-15-37)23-6-4-3-5-7-23/h3-9,16-19,25,39H,10-15,20H2,1-2H3/b35-28+. The van der Waals surface area contributed by atoms with Crippen molar-refractivity contribution in [3.05, 3.63) is 98.2 Å². The molecule has 10 heteroatoms. The van der Waals surface area contributed by atoms with Crippen molar-refractivity contribution in [1.82, 2.24) is 14.8 Å². The average Bonchev–Trinajstić information content (AvgIpc) is 2.96. The molecule has 1 aromatic heterocycles. The van der Waals surface area contributed by atoms with Gasteiger partial charge in [0.15, 0.2) is 0 Å². The Hall–Kier alpha value is -2.49. The quantitative estimate of drug-likeness (QED) is 0.204. The van der Waals surface area contributed by atoms with Gasteiger partial charge < -0.3 is 19.7 Å². The smallest absolute Gasteiger partial charge is 0.255 e. The molecule has 1 unspecified atom stereocenters. The fourth-order valence-corrected chi connectivity index (χ4v) is 5.81. The zero-order chi connectivity index (χ0) is 28.7. The highest BCUT2D eigenvalue weighted by molar-refractivity contribution is 9.10. The van der Waals surface area contributed by atoms with Gasteiger partial charge in [0, 0.05) is 42.9 Å². The molecule has 1 N–H and O–H groups in total. The van der Waals surface area contributed by atoms with Gasteiger partial charge in [-0.25, -0.2) is 0 Å². The van der Waals surface area contributed by atoms with Crippen molar-refractivity contribution in [2.45, 2.75) is 30.8 Å². The van der Waals surface area contributed by atoms with E-state index in [1.807, 2.05) is 42.5 Å². The molecule has 3 aromatic rings. The maximum Gasteiger partial charge on any atom is 0.255 e. The van der Waals surface area contributed by atoms with Gasteiger partial charge in [0.2, 0.25) is 0 Å². The molecule has 40 heavy (non-hydrogen) atoms. The third-order valence-electron chi connectivity index (χ3n) is 7.38. The Kier molecular flexibility index (Phi) is 10.6. The number of likely N-dealkylation sites (tertiary alicyclic amines) is 1. The Labute approximate surface area is 253 Å². The van der Waals surface area contributed by atoms with Crippen molar-refractivity contribution in [2.75, 3.05) is 40.3 Å². The Bertz CT molecular complexity index is 1330. The van der Waals surface area contributed by atoms with Crippen LogP contribution in [0.1, 0.15) is 46.7 Å². The van der Waals surface area contributed by atoms with Gasteiger partial charge in [0.05, 0.1) is 33.5 Å². The molecule has 212 valence electrons. The lowest BCUT2D eigenvalue weighted by atomic mass is 9.84. The van der Waals surface area contributed by atoms with Crippen molar-refractivity contribution in [3.8, 4) is 0 Å². The van der Waals surface area contributed by atoms with Crippen LogP contribution >= 0.6 is 39.1 Å². The fourth-order valence-electron chi connectivity index (χ4n) is 5.13. The molecule has 0 saturated carbocycles. The van der Waals surface area contributed by atoms with E-state index in [0.29, 0.717) is 40.6 Å². The van der Waals surface area contributed by atoms with Crippen molar-refractivity contribution >= 4 is 50.8 Å². The van der Waals surface area contributed by atoms with E-state index in [-0.39, 0.29) is 18.4 Å². The van der Waals surface area contributed by atoms with E-state index in [9.17, 15) is 9.90 Å².